The van der Waals surface area contributed by atoms with Crippen molar-refractivity contribution in [1.29, 1.82) is 0 Å². The SMILES string of the molecule is CCCn1cc(CNC2(C)CCCC2)cn1. The zero-order valence-corrected chi connectivity index (χ0v) is 10.5. The van der Waals surface area contributed by atoms with Gasteiger partial charge < -0.3 is 5.32 Å². The molecule has 90 valence electrons. The molecule has 0 aliphatic heterocycles. The van der Waals surface area contributed by atoms with E-state index in [-0.39, 0.29) is 0 Å². The Bertz CT molecular complexity index is 324. The number of nitrogens with zero attached hydrogens (tertiary/aromatic N) is 2. The van der Waals surface area contributed by atoms with Crippen molar-refractivity contribution in [3.05, 3.63) is 18.0 Å². The summed E-state index contributed by atoms with van der Waals surface area (Å²) in [5, 5.41) is 8.03. The second kappa shape index (κ2) is 5.00. The fourth-order valence-electron chi connectivity index (χ4n) is 2.50. The lowest BCUT2D eigenvalue weighted by atomic mass is 10.0. The summed E-state index contributed by atoms with van der Waals surface area (Å²) in [6, 6.07) is 0. The van der Waals surface area contributed by atoms with Crippen LogP contribution in [-0.2, 0) is 13.1 Å². The van der Waals surface area contributed by atoms with Gasteiger partial charge >= 0.3 is 0 Å². The first-order valence-corrected chi connectivity index (χ1v) is 6.48. The van der Waals surface area contributed by atoms with Crippen LogP contribution < -0.4 is 5.32 Å². The van der Waals surface area contributed by atoms with Gasteiger partial charge in [0.1, 0.15) is 0 Å². The summed E-state index contributed by atoms with van der Waals surface area (Å²) >= 11 is 0. The third kappa shape index (κ3) is 2.85. The van der Waals surface area contributed by atoms with E-state index in [2.05, 4.69) is 30.5 Å². The average molecular weight is 221 g/mol. The molecular formula is C13H23N3. The van der Waals surface area contributed by atoms with Gasteiger partial charge in [0.2, 0.25) is 0 Å². The zero-order chi connectivity index (χ0) is 11.4. The number of rotatable bonds is 5. The lowest BCUT2D eigenvalue weighted by molar-refractivity contribution is 0.362. The van der Waals surface area contributed by atoms with Crippen molar-refractivity contribution in [2.24, 2.45) is 0 Å². The Balaban J connectivity index is 1.84. The molecule has 0 aromatic carbocycles. The molecule has 1 aromatic rings. The first-order valence-electron chi connectivity index (χ1n) is 6.48. The molecule has 1 aliphatic carbocycles. The summed E-state index contributed by atoms with van der Waals surface area (Å²) in [4.78, 5) is 0. The molecule has 0 atom stereocenters. The van der Waals surface area contributed by atoms with E-state index >= 15 is 0 Å². The van der Waals surface area contributed by atoms with Crippen molar-refractivity contribution in [3.63, 3.8) is 0 Å². The smallest absolute Gasteiger partial charge is 0.0534 e. The van der Waals surface area contributed by atoms with E-state index in [0.29, 0.717) is 5.54 Å². The van der Waals surface area contributed by atoms with Crippen LogP contribution in [0.2, 0.25) is 0 Å². The highest BCUT2D eigenvalue weighted by Crippen LogP contribution is 2.29. The topological polar surface area (TPSA) is 29.9 Å². The van der Waals surface area contributed by atoms with Crippen LogP contribution in [0.5, 0.6) is 0 Å². The maximum Gasteiger partial charge on any atom is 0.0534 e. The third-order valence-corrected chi connectivity index (χ3v) is 3.57. The van der Waals surface area contributed by atoms with Gasteiger partial charge in [-0.2, -0.15) is 5.10 Å². The van der Waals surface area contributed by atoms with Crippen molar-refractivity contribution >= 4 is 0 Å². The lowest BCUT2D eigenvalue weighted by Crippen LogP contribution is -2.38. The van der Waals surface area contributed by atoms with Crippen LogP contribution >= 0.6 is 0 Å². The highest BCUT2D eigenvalue weighted by Gasteiger charge is 2.27. The minimum absolute atomic E-state index is 0.368. The first kappa shape index (κ1) is 11.6. The van der Waals surface area contributed by atoms with E-state index < -0.39 is 0 Å². The molecule has 1 fully saturated rings. The van der Waals surface area contributed by atoms with Crippen LogP contribution in [0.4, 0.5) is 0 Å². The summed E-state index contributed by atoms with van der Waals surface area (Å²) in [6.07, 6.45) is 10.7. The van der Waals surface area contributed by atoms with Crippen molar-refractivity contribution in [1.82, 2.24) is 15.1 Å². The molecule has 3 heteroatoms. The largest absolute Gasteiger partial charge is 0.307 e. The second-order valence-electron chi connectivity index (χ2n) is 5.23. The van der Waals surface area contributed by atoms with E-state index in [1.165, 1.54) is 31.2 Å². The van der Waals surface area contributed by atoms with Crippen LogP contribution in [0.15, 0.2) is 12.4 Å². The van der Waals surface area contributed by atoms with E-state index in [9.17, 15) is 0 Å². The minimum Gasteiger partial charge on any atom is -0.307 e. The summed E-state index contributed by atoms with van der Waals surface area (Å²) in [6.45, 7) is 6.51. The Morgan fingerprint density at radius 3 is 2.88 bits per heavy atom. The van der Waals surface area contributed by atoms with E-state index in [1.54, 1.807) is 0 Å². The molecule has 1 N–H and O–H groups in total. The molecule has 16 heavy (non-hydrogen) atoms. The highest BCUT2D eigenvalue weighted by atomic mass is 15.3. The van der Waals surface area contributed by atoms with Gasteiger partial charge in [0, 0.05) is 30.4 Å². The van der Waals surface area contributed by atoms with Crippen LogP contribution in [-0.4, -0.2) is 15.3 Å². The molecule has 3 nitrogen and oxygen atoms in total. The third-order valence-electron chi connectivity index (χ3n) is 3.57. The van der Waals surface area contributed by atoms with Crippen LogP contribution in [0.1, 0.15) is 51.5 Å². The fourth-order valence-corrected chi connectivity index (χ4v) is 2.50. The van der Waals surface area contributed by atoms with Gasteiger partial charge in [-0.05, 0) is 26.2 Å². The number of aryl methyl sites for hydroxylation is 1. The second-order valence-corrected chi connectivity index (χ2v) is 5.23. The zero-order valence-electron chi connectivity index (χ0n) is 10.5. The Labute approximate surface area is 98.2 Å². The van der Waals surface area contributed by atoms with Gasteiger partial charge in [-0.15, -0.1) is 0 Å². The number of hydrogen-bond acceptors (Lipinski definition) is 2. The summed E-state index contributed by atoms with van der Waals surface area (Å²) in [7, 11) is 0. The maximum atomic E-state index is 4.35. The van der Waals surface area contributed by atoms with Gasteiger partial charge in [0.05, 0.1) is 6.20 Å². The Morgan fingerprint density at radius 2 is 2.19 bits per heavy atom. The molecule has 0 spiro atoms. The quantitative estimate of drug-likeness (QED) is 0.828. The Kier molecular flexibility index (Phi) is 3.64. The molecule has 0 unspecified atom stereocenters. The van der Waals surface area contributed by atoms with Gasteiger partial charge in [-0.1, -0.05) is 19.8 Å². The Hall–Kier alpha value is -0.830. The number of hydrogen-bond donors (Lipinski definition) is 1. The fraction of sp³-hybridized carbons (Fsp3) is 0.769. The van der Waals surface area contributed by atoms with E-state index in [0.717, 1.165) is 19.5 Å². The molecule has 0 radical (unpaired) electrons. The monoisotopic (exact) mass is 221 g/mol. The van der Waals surface area contributed by atoms with E-state index in [4.69, 9.17) is 0 Å². The average Bonchev–Trinajstić information content (AvgIpc) is 2.86. The first-order chi connectivity index (χ1) is 7.72. The molecule has 0 saturated heterocycles. The minimum atomic E-state index is 0.368. The van der Waals surface area contributed by atoms with Crippen LogP contribution in [0.3, 0.4) is 0 Å². The molecule has 1 heterocycles. The predicted octanol–water partition coefficient (Wildman–Crippen LogP) is 2.72. The molecular weight excluding hydrogens is 198 g/mol. The molecule has 1 aliphatic rings. The predicted molar refractivity (Wildman–Crippen MR) is 66.2 cm³/mol. The van der Waals surface area contributed by atoms with Crippen molar-refractivity contribution in [3.8, 4) is 0 Å². The standard InChI is InChI=1S/C13H23N3/c1-3-8-16-11-12(10-15-16)9-14-13(2)6-4-5-7-13/h10-11,14H,3-9H2,1-2H3. The molecule has 0 bridgehead atoms. The van der Waals surface area contributed by atoms with Crippen molar-refractivity contribution in [2.75, 3.05) is 0 Å². The normalized spacial score (nSPS) is 19.1. The lowest BCUT2D eigenvalue weighted by Gasteiger charge is -2.24. The van der Waals surface area contributed by atoms with Crippen LogP contribution in [0, 0.1) is 0 Å². The number of nitrogens with one attached hydrogen (secondary N) is 1. The summed E-state index contributed by atoms with van der Waals surface area (Å²) in [5.41, 5.74) is 1.67. The highest BCUT2D eigenvalue weighted by molar-refractivity contribution is 5.04. The molecule has 0 amide bonds. The molecule has 1 aromatic heterocycles. The molecule has 1 saturated carbocycles. The van der Waals surface area contributed by atoms with Gasteiger partial charge in [-0.3, -0.25) is 4.68 Å². The summed E-state index contributed by atoms with van der Waals surface area (Å²) in [5.74, 6) is 0. The number of aromatic nitrogens is 2. The van der Waals surface area contributed by atoms with Gasteiger partial charge in [0.25, 0.3) is 0 Å². The maximum absolute atomic E-state index is 4.35. The van der Waals surface area contributed by atoms with Crippen LogP contribution in [0.25, 0.3) is 0 Å². The summed E-state index contributed by atoms with van der Waals surface area (Å²) < 4.78 is 2.04. The van der Waals surface area contributed by atoms with Crippen molar-refractivity contribution in [2.45, 2.75) is 64.6 Å². The van der Waals surface area contributed by atoms with Gasteiger partial charge in [-0.25, -0.2) is 0 Å². The van der Waals surface area contributed by atoms with Gasteiger partial charge in [0.15, 0.2) is 0 Å². The molecule has 2 rings (SSSR count). The van der Waals surface area contributed by atoms with Crippen molar-refractivity contribution < 1.29 is 0 Å². The van der Waals surface area contributed by atoms with E-state index in [1.807, 2.05) is 10.9 Å². The Morgan fingerprint density at radius 1 is 1.44 bits per heavy atom.